The Kier molecular flexibility index (Phi) is 8.02. The number of nitrogens with zero attached hydrogens (tertiary/aromatic N) is 5. The molecule has 2 amide bonds. The lowest BCUT2D eigenvalue weighted by Gasteiger charge is -2.36. The van der Waals surface area contributed by atoms with Crippen molar-refractivity contribution < 1.29 is 18.5 Å². The second-order valence-electron chi connectivity index (χ2n) is 9.52. The summed E-state index contributed by atoms with van der Waals surface area (Å²) >= 11 is 0. The Morgan fingerprint density at radius 2 is 1.82 bits per heavy atom. The number of piperazine rings is 1. The van der Waals surface area contributed by atoms with Crippen LogP contribution in [0, 0.1) is 5.82 Å². The number of halogens is 1. The molecule has 1 atom stereocenters. The fourth-order valence-electron chi connectivity index (χ4n) is 4.69. The Morgan fingerprint density at radius 1 is 1.03 bits per heavy atom. The molecule has 2 aromatic carbocycles. The van der Waals surface area contributed by atoms with Crippen LogP contribution in [-0.4, -0.2) is 69.0 Å². The van der Waals surface area contributed by atoms with Crippen molar-refractivity contribution in [1.29, 1.82) is 0 Å². The van der Waals surface area contributed by atoms with E-state index in [1.54, 1.807) is 35.5 Å². The van der Waals surface area contributed by atoms with Crippen LogP contribution in [0.25, 0.3) is 22.8 Å². The maximum atomic E-state index is 14.2. The van der Waals surface area contributed by atoms with Gasteiger partial charge in [-0.05, 0) is 35.4 Å². The van der Waals surface area contributed by atoms with Crippen LogP contribution in [0.5, 0.6) is 0 Å². The van der Waals surface area contributed by atoms with Crippen molar-refractivity contribution in [3.63, 3.8) is 0 Å². The standard InChI is InChI=1S/C29H29FN6O3/c1-20(37)32-26(17-22-7-2-3-10-25(22)30)29(38)36-14-12-35(13-15-36)19-21-6-4-8-23(16-21)27-33-28(39-34-27)24-9-5-11-31-18-24/h2-11,16,18,26H,12-15,17,19H2,1H3,(H,32,37)/t26-/m1/s1. The van der Waals surface area contributed by atoms with Crippen LogP contribution in [0.4, 0.5) is 4.39 Å². The lowest BCUT2D eigenvalue weighted by atomic mass is 10.0. The highest BCUT2D eigenvalue weighted by atomic mass is 19.1. The third-order valence-electron chi connectivity index (χ3n) is 6.67. The zero-order valence-corrected chi connectivity index (χ0v) is 21.6. The van der Waals surface area contributed by atoms with Crippen molar-refractivity contribution in [3.05, 3.63) is 90.0 Å². The molecule has 1 aliphatic heterocycles. The van der Waals surface area contributed by atoms with E-state index in [0.717, 1.165) is 16.7 Å². The highest BCUT2D eigenvalue weighted by Gasteiger charge is 2.29. The molecule has 0 radical (unpaired) electrons. The van der Waals surface area contributed by atoms with Crippen LogP contribution in [0.15, 0.2) is 77.6 Å². The Hall–Kier alpha value is -4.44. The molecular weight excluding hydrogens is 499 g/mol. The van der Waals surface area contributed by atoms with Crippen molar-refractivity contribution in [1.82, 2.24) is 30.2 Å². The number of aromatic nitrogens is 3. The number of amides is 2. The molecule has 3 heterocycles. The third kappa shape index (κ3) is 6.53. The van der Waals surface area contributed by atoms with E-state index >= 15 is 0 Å². The van der Waals surface area contributed by atoms with Crippen molar-refractivity contribution >= 4 is 11.8 Å². The summed E-state index contributed by atoms with van der Waals surface area (Å²) in [5.41, 5.74) is 3.11. The molecule has 0 unspecified atom stereocenters. The molecule has 10 heteroatoms. The fraction of sp³-hybridized carbons (Fsp3) is 0.276. The van der Waals surface area contributed by atoms with Crippen LogP contribution < -0.4 is 5.32 Å². The Morgan fingerprint density at radius 3 is 2.56 bits per heavy atom. The topological polar surface area (TPSA) is 104 Å². The molecule has 0 bridgehead atoms. The second-order valence-corrected chi connectivity index (χ2v) is 9.52. The van der Waals surface area contributed by atoms with E-state index in [9.17, 15) is 14.0 Å². The van der Waals surface area contributed by atoms with Gasteiger partial charge in [-0.1, -0.05) is 41.6 Å². The predicted octanol–water partition coefficient (Wildman–Crippen LogP) is 3.33. The molecule has 1 fully saturated rings. The van der Waals surface area contributed by atoms with E-state index in [0.29, 0.717) is 50.0 Å². The average Bonchev–Trinajstić information content (AvgIpc) is 3.45. The molecule has 0 spiro atoms. The minimum absolute atomic E-state index is 0.108. The van der Waals surface area contributed by atoms with Crippen molar-refractivity contribution in [2.45, 2.75) is 25.9 Å². The summed E-state index contributed by atoms with van der Waals surface area (Å²) < 4.78 is 19.6. The van der Waals surface area contributed by atoms with E-state index in [-0.39, 0.29) is 24.1 Å². The van der Waals surface area contributed by atoms with Crippen molar-refractivity contribution in [2.24, 2.45) is 0 Å². The van der Waals surface area contributed by atoms with Gasteiger partial charge in [-0.2, -0.15) is 4.98 Å². The number of carbonyl (C=O) groups is 2. The zero-order valence-electron chi connectivity index (χ0n) is 21.6. The molecular formula is C29H29FN6O3. The summed E-state index contributed by atoms with van der Waals surface area (Å²) in [6.07, 6.45) is 3.47. The number of pyridine rings is 1. The number of carbonyl (C=O) groups excluding carboxylic acids is 2. The summed E-state index contributed by atoms with van der Waals surface area (Å²) in [7, 11) is 0. The number of rotatable bonds is 8. The quantitative estimate of drug-likeness (QED) is 0.374. The molecule has 0 saturated carbocycles. The van der Waals surface area contributed by atoms with Crippen molar-refractivity contribution in [2.75, 3.05) is 26.2 Å². The van der Waals surface area contributed by atoms with Gasteiger partial charge in [0.2, 0.25) is 17.6 Å². The number of hydrogen-bond acceptors (Lipinski definition) is 7. The van der Waals surface area contributed by atoms with Gasteiger partial charge in [-0.25, -0.2) is 4.39 Å². The largest absolute Gasteiger partial charge is 0.344 e. The minimum atomic E-state index is -0.811. The van der Waals surface area contributed by atoms with Gasteiger partial charge in [-0.3, -0.25) is 19.5 Å². The summed E-state index contributed by atoms with van der Waals surface area (Å²) in [4.78, 5) is 37.7. The Labute approximate surface area is 225 Å². The first-order valence-electron chi connectivity index (χ1n) is 12.8. The molecule has 4 aromatic rings. The summed E-state index contributed by atoms with van der Waals surface area (Å²) in [5, 5.41) is 6.83. The Bertz CT molecular complexity index is 1440. The molecule has 1 aliphatic rings. The number of hydrogen-bond donors (Lipinski definition) is 1. The van der Waals surface area contributed by atoms with Gasteiger partial charge in [-0.15, -0.1) is 0 Å². The monoisotopic (exact) mass is 528 g/mol. The fourth-order valence-corrected chi connectivity index (χ4v) is 4.69. The molecule has 1 N–H and O–H groups in total. The van der Waals surface area contributed by atoms with Gasteiger partial charge >= 0.3 is 0 Å². The number of nitrogens with one attached hydrogen (secondary N) is 1. The average molecular weight is 529 g/mol. The molecule has 0 aliphatic carbocycles. The first kappa shape index (κ1) is 26.2. The van der Waals surface area contributed by atoms with Crippen molar-refractivity contribution in [3.8, 4) is 22.8 Å². The molecule has 200 valence electrons. The van der Waals surface area contributed by atoms with E-state index < -0.39 is 6.04 Å². The highest BCUT2D eigenvalue weighted by Crippen LogP contribution is 2.23. The van der Waals surface area contributed by atoms with Crippen LogP contribution in [0.3, 0.4) is 0 Å². The SMILES string of the molecule is CC(=O)N[C@H](Cc1ccccc1F)C(=O)N1CCN(Cc2cccc(-c3noc(-c4cccnc4)n3)c2)CC1. The maximum Gasteiger partial charge on any atom is 0.259 e. The smallest absolute Gasteiger partial charge is 0.259 e. The highest BCUT2D eigenvalue weighted by molar-refractivity contribution is 5.87. The normalized spacial score (nSPS) is 14.7. The van der Waals surface area contributed by atoms with Gasteiger partial charge in [0.15, 0.2) is 0 Å². The lowest BCUT2D eigenvalue weighted by molar-refractivity contribution is -0.137. The molecule has 9 nitrogen and oxygen atoms in total. The summed E-state index contributed by atoms with van der Waals surface area (Å²) in [5.74, 6) is 0.0117. The van der Waals surface area contributed by atoms with E-state index in [2.05, 4.69) is 25.3 Å². The van der Waals surface area contributed by atoms with E-state index in [4.69, 9.17) is 4.52 Å². The second kappa shape index (κ2) is 12.0. The maximum absolute atomic E-state index is 14.2. The lowest BCUT2D eigenvalue weighted by Crippen LogP contribution is -2.55. The molecule has 1 saturated heterocycles. The van der Waals surface area contributed by atoms with Crippen LogP contribution >= 0.6 is 0 Å². The summed E-state index contributed by atoms with van der Waals surface area (Å²) in [6.45, 7) is 4.46. The zero-order chi connectivity index (χ0) is 27.2. The predicted molar refractivity (Wildman–Crippen MR) is 143 cm³/mol. The number of benzene rings is 2. The first-order valence-corrected chi connectivity index (χ1v) is 12.8. The molecule has 5 rings (SSSR count). The molecule has 2 aromatic heterocycles. The van der Waals surface area contributed by atoms with E-state index in [1.165, 1.54) is 13.0 Å². The van der Waals surface area contributed by atoms with Crippen LogP contribution in [0.1, 0.15) is 18.1 Å². The molecule has 39 heavy (non-hydrogen) atoms. The first-order chi connectivity index (χ1) is 19.0. The third-order valence-corrected chi connectivity index (χ3v) is 6.67. The van der Waals surface area contributed by atoms with Crippen LogP contribution in [0.2, 0.25) is 0 Å². The summed E-state index contributed by atoms with van der Waals surface area (Å²) in [6, 6.07) is 17.2. The van der Waals surface area contributed by atoms with Gasteiger partial charge < -0.3 is 14.7 Å². The Balaban J connectivity index is 1.19. The van der Waals surface area contributed by atoms with Gasteiger partial charge in [0.05, 0.1) is 5.56 Å². The van der Waals surface area contributed by atoms with Crippen LogP contribution in [-0.2, 0) is 22.6 Å². The van der Waals surface area contributed by atoms with E-state index in [1.807, 2.05) is 36.4 Å². The minimum Gasteiger partial charge on any atom is -0.344 e. The van der Waals surface area contributed by atoms with Gasteiger partial charge in [0, 0.05) is 64.0 Å². The van der Waals surface area contributed by atoms with Gasteiger partial charge in [0.1, 0.15) is 11.9 Å². The van der Waals surface area contributed by atoms with Gasteiger partial charge in [0.25, 0.3) is 5.89 Å².